The highest BCUT2D eigenvalue weighted by molar-refractivity contribution is 6.31. The van der Waals surface area contributed by atoms with Crippen LogP contribution in [0, 0.1) is 11.9 Å². The highest BCUT2D eigenvalue weighted by Gasteiger charge is 2.54. The van der Waals surface area contributed by atoms with E-state index in [9.17, 15) is 4.79 Å². The lowest BCUT2D eigenvalue weighted by Crippen LogP contribution is -2.26. The van der Waals surface area contributed by atoms with Crippen molar-refractivity contribution in [3.8, 4) is 11.3 Å². The van der Waals surface area contributed by atoms with Gasteiger partial charge >= 0.3 is 0 Å². The van der Waals surface area contributed by atoms with Crippen molar-refractivity contribution >= 4 is 51.3 Å². The molecule has 5 heterocycles. The molecule has 200 valence electrons. The number of hydrogen-bond acceptors (Lipinski definition) is 7. The van der Waals surface area contributed by atoms with Gasteiger partial charge in [-0.1, -0.05) is 39.6 Å². The molecule has 0 saturated heterocycles. The van der Waals surface area contributed by atoms with Crippen LogP contribution < -0.4 is 11.3 Å². The van der Waals surface area contributed by atoms with E-state index in [1.165, 1.54) is 0 Å². The Labute approximate surface area is 234 Å². The van der Waals surface area contributed by atoms with Crippen LogP contribution in [-0.4, -0.2) is 34.7 Å². The second kappa shape index (κ2) is 8.39. The van der Waals surface area contributed by atoms with Crippen molar-refractivity contribution in [2.45, 2.75) is 31.2 Å². The first-order chi connectivity index (χ1) is 19.4. The number of hydrogen-bond donors (Lipinski definition) is 2. The number of nitrogens with zero attached hydrogens (tertiary/aromatic N) is 6. The number of anilines is 1. The topological polar surface area (TPSA) is 133 Å². The molecule has 3 aliphatic rings. The second-order valence-electron chi connectivity index (χ2n) is 10.3. The standard InChI is InChI=1S/C27H19Cl2FN8O2/c28-13-2-4-18(37-10-21(29)34-36-37)15(8-13)12-5-19-16-9-17(16)24(38(19)22(39)7-12)27-32-23(25(30)33-27)11-1-3-14-20(6-11)40-35-26(14)31/h1,3,5-8,10,16-17,24H,2,4,9H2,(H2,31,35)(H,32,33). The van der Waals surface area contributed by atoms with E-state index < -0.39 is 12.0 Å². The number of aromatic nitrogens is 7. The lowest BCUT2D eigenvalue weighted by Gasteiger charge is -2.20. The Kier molecular flexibility index (Phi) is 4.96. The quantitative estimate of drug-likeness (QED) is 0.295. The van der Waals surface area contributed by atoms with Crippen molar-refractivity contribution < 1.29 is 8.91 Å². The molecule has 2 aliphatic carbocycles. The lowest BCUT2D eigenvalue weighted by atomic mass is 9.96. The number of benzene rings is 1. The van der Waals surface area contributed by atoms with E-state index in [1.54, 1.807) is 39.7 Å². The minimum atomic E-state index is -0.583. The fourth-order valence-electron chi connectivity index (χ4n) is 6.11. The molecule has 5 aromatic rings. The van der Waals surface area contributed by atoms with Crippen LogP contribution in [0.15, 0.2) is 57.0 Å². The molecular weight excluding hydrogens is 558 g/mol. The van der Waals surface area contributed by atoms with Crippen LogP contribution in [-0.2, 0) is 0 Å². The number of H-pyrrole nitrogens is 1. The molecule has 0 spiro atoms. The molecule has 1 saturated carbocycles. The summed E-state index contributed by atoms with van der Waals surface area (Å²) >= 11 is 12.4. The van der Waals surface area contributed by atoms with Crippen molar-refractivity contribution in [1.82, 2.24) is 34.7 Å². The Hall–Kier alpha value is -4.22. The Balaban J connectivity index is 1.21. The third-order valence-corrected chi connectivity index (χ3v) is 8.47. The zero-order valence-electron chi connectivity index (χ0n) is 20.6. The molecule has 13 heteroatoms. The van der Waals surface area contributed by atoms with Crippen molar-refractivity contribution in [3.05, 3.63) is 86.2 Å². The number of fused-ring (bicyclic) bond motifs is 4. The van der Waals surface area contributed by atoms with E-state index in [1.807, 2.05) is 12.1 Å². The maximum Gasteiger partial charge on any atom is 0.252 e. The number of pyridine rings is 1. The number of nitrogens with one attached hydrogen (secondary N) is 1. The van der Waals surface area contributed by atoms with Crippen molar-refractivity contribution in [3.63, 3.8) is 0 Å². The minimum Gasteiger partial charge on any atom is -0.380 e. The molecule has 1 aromatic carbocycles. The summed E-state index contributed by atoms with van der Waals surface area (Å²) in [6.45, 7) is 0. The molecule has 3 unspecified atom stereocenters. The number of halogens is 3. The number of nitrogen functional groups attached to an aromatic ring is 1. The first kappa shape index (κ1) is 23.6. The molecular formula is C27H19Cl2FN8O2. The fraction of sp³-hybridized carbons (Fsp3) is 0.222. The number of imidazole rings is 1. The maximum absolute atomic E-state index is 15.2. The number of allylic oxidation sites excluding steroid dienone is 4. The van der Waals surface area contributed by atoms with Gasteiger partial charge in [0, 0.05) is 33.8 Å². The molecule has 0 radical (unpaired) electrons. The predicted octanol–water partition coefficient (Wildman–Crippen LogP) is 5.34. The van der Waals surface area contributed by atoms with E-state index in [-0.39, 0.29) is 34.1 Å². The summed E-state index contributed by atoms with van der Waals surface area (Å²) in [7, 11) is 0. The van der Waals surface area contributed by atoms with Gasteiger partial charge in [0.05, 0.1) is 23.3 Å². The highest BCUT2D eigenvalue weighted by Crippen LogP contribution is 2.60. The van der Waals surface area contributed by atoms with Gasteiger partial charge in [-0.25, -0.2) is 9.67 Å². The molecule has 3 atom stereocenters. The molecule has 10 nitrogen and oxygen atoms in total. The van der Waals surface area contributed by atoms with Gasteiger partial charge in [0.25, 0.3) is 5.56 Å². The average molecular weight is 577 g/mol. The normalized spacial score (nSPS) is 21.6. The van der Waals surface area contributed by atoms with E-state index in [4.69, 9.17) is 33.5 Å². The lowest BCUT2D eigenvalue weighted by molar-refractivity contribution is 0.460. The fourth-order valence-corrected chi connectivity index (χ4v) is 6.44. The van der Waals surface area contributed by atoms with Crippen LogP contribution in [0.3, 0.4) is 0 Å². The predicted molar refractivity (Wildman–Crippen MR) is 147 cm³/mol. The minimum absolute atomic E-state index is 0.144. The van der Waals surface area contributed by atoms with Crippen LogP contribution >= 0.6 is 23.2 Å². The van der Waals surface area contributed by atoms with Gasteiger partial charge in [0.1, 0.15) is 11.5 Å². The first-order valence-electron chi connectivity index (χ1n) is 12.7. The Morgan fingerprint density at radius 2 is 2.02 bits per heavy atom. The van der Waals surface area contributed by atoms with Crippen LogP contribution in [0.5, 0.6) is 0 Å². The van der Waals surface area contributed by atoms with Crippen molar-refractivity contribution in [2.75, 3.05) is 5.73 Å². The van der Waals surface area contributed by atoms with E-state index in [0.717, 1.165) is 28.9 Å². The zero-order chi connectivity index (χ0) is 27.3. The van der Waals surface area contributed by atoms with Crippen LogP contribution in [0.25, 0.3) is 33.5 Å². The van der Waals surface area contributed by atoms with E-state index in [0.29, 0.717) is 40.2 Å². The summed E-state index contributed by atoms with van der Waals surface area (Å²) in [6.07, 6.45) is 5.66. The summed E-state index contributed by atoms with van der Waals surface area (Å²) in [5, 5.41) is 13.4. The average Bonchev–Trinajstić information content (AvgIpc) is 3.21. The third-order valence-electron chi connectivity index (χ3n) is 8.00. The van der Waals surface area contributed by atoms with Crippen molar-refractivity contribution in [2.24, 2.45) is 5.92 Å². The summed E-state index contributed by atoms with van der Waals surface area (Å²) in [6, 6.07) is 8.30. The molecule has 8 rings (SSSR count). The van der Waals surface area contributed by atoms with Gasteiger partial charge in [-0.3, -0.25) is 4.79 Å². The van der Waals surface area contributed by atoms with Gasteiger partial charge in [0.2, 0.25) is 5.95 Å². The molecule has 0 amide bonds. The number of aromatic amines is 1. The zero-order valence-corrected chi connectivity index (χ0v) is 22.1. The summed E-state index contributed by atoms with van der Waals surface area (Å²) in [5.74, 6) is 0.412. The molecule has 3 N–H and O–H groups in total. The first-order valence-corrected chi connectivity index (χ1v) is 13.5. The van der Waals surface area contributed by atoms with Gasteiger partial charge in [0.15, 0.2) is 16.6 Å². The van der Waals surface area contributed by atoms with Gasteiger partial charge in [-0.05, 0) is 55.0 Å². The van der Waals surface area contributed by atoms with Gasteiger partial charge in [-0.2, -0.15) is 4.39 Å². The molecule has 0 bridgehead atoms. The van der Waals surface area contributed by atoms with E-state index in [2.05, 4.69) is 25.4 Å². The molecule has 4 aromatic heterocycles. The largest absolute Gasteiger partial charge is 0.380 e. The molecule has 1 aliphatic heterocycles. The van der Waals surface area contributed by atoms with Crippen LogP contribution in [0.1, 0.15) is 48.3 Å². The van der Waals surface area contributed by atoms with Crippen LogP contribution in [0.2, 0.25) is 5.15 Å². The van der Waals surface area contributed by atoms with Gasteiger partial charge in [-0.15, -0.1) is 5.10 Å². The summed E-state index contributed by atoms with van der Waals surface area (Å²) in [4.78, 5) is 21.0. The SMILES string of the molecule is Nc1noc2cc(-c3nc(C4C5CC5c5cc(C6=C(n7cc(Cl)nn7)CCC(Cl)=C6)cc(=O)n54)[nH]c3F)ccc12. The summed E-state index contributed by atoms with van der Waals surface area (Å²) < 4.78 is 23.8. The van der Waals surface area contributed by atoms with E-state index >= 15 is 4.39 Å². The summed E-state index contributed by atoms with van der Waals surface area (Å²) in [5.41, 5.74) is 10.0. The number of rotatable bonds is 4. The molecule has 40 heavy (non-hydrogen) atoms. The third kappa shape index (κ3) is 3.50. The smallest absolute Gasteiger partial charge is 0.252 e. The second-order valence-corrected chi connectivity index (χ2v) is 11.2. The Bertz CT molecular complexity index is 2000. The van der Waals surface area contributed by atoms with Crippen molar-refractivity contribution in [1.29, 1.82) is 0 Å². The Morgan fingerprint density at radius 1 is 1.15 bits per heavy atom. The Morgan fingerprint density at radius 3 is 2.85 bits per heavy atom. The van der Waals surface area contributed by atoms with Gasteiger partial charge < -0.3 is 19.8 Å². The molecule has 1 fully saturated rings. The maximum atomic E-state index is 15.2. The number of nitrogens with two attached hydrogens (primary N) is 1. The monoisotopic (exact) mass is 576 g/mol. The van der Waals surface area contributed by atoms with Crippen LogP contribution in [0.4, 0.5) is 10.2 Å². The highest BCUT2D eigenvalue weighted by atomic mass is 35.5.